The van der Waals surface area contributed by atoms with Crippen LogP contribution in [0.25, 0.3) is 0 Å². The highest BCUT2D eigenvalue weighted by Gasteiger charge is 2.32. The summed E-state index contributed by atoms with van der Waals surface area (Å²) in [6.45, 7) is 1.75. The first-order valence-corrected chi connectivity index (χ1v) is 12.8. The van der Waals surface area contributed by atoms with E-state index in [2.05, 4.69) is 0 Å². The highest BCUT2D eigenvalue weighted by molar-refractivity contribution is 8.00. The number of rotatable bonds is 8. The van der Waals surface area contributed by atoms with Crippen molar-refractivity contribution in [2.24, 2.45) is 0 Å². The molecular formula is C23H36O10S. The number of cyclic esters (lactones) is 1. The van der Waals surface area contributed by atoms with Gasteiger partial charge in [-0.2, -0.15) is 0 Å². The molecule has 3 N–H and O–H groups in total. The molecular weight excluding hydrogens is 468 g/mol. The predicted molar refractivity (Wildman–Crippen MR) is 123 cm³/mol. The van der Waals surface area contributed by atoms with E-state index in [1.165, 1.54) is 0 Å². The van der Waals surface area contributed by atoms with Crippen molar-refractivity contribution in [2.45, 2.75) is 108 Å². The van der Waals surface area contributed by atoms with Crippen LogP contribution in [-0.4, -0.2) is 74.3 Å². The predicted octanol–water partition coefficient (Wildman–Crippen LogP) is 2.73. The smallest absolute Gasteiger partial charge is 0.333 e. The number of aliphatic hydroxyl groups excluding tert-OH is 1. The van der Waals surface area contributed by atoms with Crippen LogP contribution >= 0.6 is 11.8 Å². The minimum absolute atomic E-state index is 0.248. The molecule has 1 aliphatic rings. The minimum atomic E-state index is -1.71. The first-order chi connectivity index (χ1) is 16.1. The van der Waals surface area contributed by atoms with E-state index in [9.17, 15) is 29.1 Å². The fraction of sp³-hybridized carbons (Fsp3) is 0.783. The van der Waals surface area contributed by atoms with Gasteiger partial charge in [0, 0.05) is 12.2 Å². The van der Waals surface area contributed by atoms with Crippen LogP contribution in [0.4, 0.5) is 0 Å². The van der Waals surface area contributed by atoms with Crippen molar-refractivity contribution in [3.05, 3.63) is 0 Å². The average molecular weight is 505 g/mol. The van der Waals surface area contributed by atoms with Crippen molar-refractivity contribution in [2.75, 3.05) is 5.75 Å². The molecule has 0 amide bonds. The van der Waals surface area contributed by atoms with Crippen LogP contribution in [0.5, 0.6) is 0 Å². The summed E-state index contributed by atoms with van der Waals surface area (Å²) in [5.74, 6) is -4.95. The maximum atomic E-state index is 13.0. The van der Waals surface area contributed by atoms with Crippen molar-refractivity contribution in [3.63, 3.8) is 0 Å². The van der Waals surface area contributed by atoms with Crippen molar-refractivity contribution in [1.29, 1.82) is 0 Å². The molecule has 1 fully saturated rings. The van der Waals surface area contributed by atoms with Gasteiger partial charge in [-0.3, -0.25) is 19.2 Å². The van der Waals surface area contributed by atoms with E-state index in [0.717, 1.165) is 50.3 Å². The Morgan fingerprint density at radius 1 is 1.00 bits per heavy atom. The zero-order chi connectivity index (χ0) is 25.5. The van der Waals surface area contributed by atoms with Crippen molar-refractivity contribution in [3.8, 4) is 0 Å². The van der Waals surface area contributed by atoms with Gasteiger partial charge < -0.3 is 24.8 Å². The number of ether oxygens (including phenoxy) is 2. The molecule has 4 atom stereocenters. The third kappa shape index (κ3) is 12.9. The number of hydrogen-bond donors (Lipinski definition) is 3. The highest BCUT2D eigenvalue weighted by atomic mass is 32.2. The molecule has 1 aliphatic heterocycles. The zero-order valence-electron chi connectivity index (χ0n) is 19.6. The average Bonchev–Trinajstić information content (AvgIpc) is 2.77. The Bertz CT molecular complexity index is 695. The number of carboxylic acids is 2. The maximum Gasteiger partial charge on any atom is 0.333 e. The van der Waals surface area contributed by atoms with Crippen LogP contribution in [0.1, 0.15) is 84.0 Å². The topological polar surface area (TPSA) is 164 Å². The standard InChI is InChI=1S/C23H36O10S/c1-15-9-7-5-3-2-4-6-8-10-18(33-21(28)12-11-20(26)27)16(24)13-19(23(31)32-15)34-14-17(25)22(29)30/h15,17-19,25H,2-14H2,1H3,(H,26,27)(H,29,30). The molecule has 10 nitrogen and oxygen atoms in total. The number of esters is 2. The Hall–Kier alpha value is -2.14. The lowest BCUT2D eigenvalue weighted by Crippen LogP contribution is -2.34. The summed E-state index contributed by atoms with van der Waals surface area (Å²) in [5, 5.41) is 26.2. The summed E-state index contributed by atoms with van der Waals surface area (Å²) in [6, 6.07) is 0. The van der Waals surface area contributed by atoms with Crippen LogP contribution in [0.2, 0.25) is 0 Å². The second-order valence-electron chi connectivity index (χ2n) is 8.52. The molecule has 1 rings (SSSR count). The van der Waals surface area contributed by atoms with Gasteiger partial charge in [-0.05, 0) is 32.6 Å². The molecule has 0 aromatic carbocycles. The van der Waals surface area contributed by atoms with Crippen molar-refractivity contribution in [1.82, 2.24) is 0 Å². The number of carbonyl (C=O) groups excluding carboxylic acids is 3. The third-order valence-corrected chi connectivity index (χ3v) is 6.73. The van der Waals surface area contributed by atoms with Gasteiger partial charge in [-0.15, -0.1) is 11.8 Å². The van der Waals surface area contributed by atoms with Crippen molar-refractivity contribution >= 4 is 41.4 Å². The molecule has 4 unspecified atom stereocenters. The molecule has 1 heterocycles. The van der Waals surface area contributed by atoms with Crippen LogP contribution in [0, 0.1) is 0 Å². The lowest BCUT2D eigenvalue weighted by Gasteiger charge is -2.22. The Balaban J connectivity index is 2.97. The van der Waals surface area contributed by atoms with Crippen LogP contribution in [0.3, 0.4) is 0 Å². The fourth-order valence-corrected chi connectivity index (χ4v) is 4.52. The summed E-state index contributed by atoms with van der Waals surface area (Å²) in [5.41, 5.74) is 0. The van der Waals surface area contributed by atoms with Gasteiger partial charge >= 0.3 is 23.9 Å². The Morgan fingerprint density at radius 2 is 1.59 bits per heavy atom. The van der Waals surface area contributed by atoms with Crippen molar-refractivity contribution < 1.29 is 48.8 Å². The highest BCUT2D eigenvalue weighted by Crippen LogP contribution is 2.23. The van der Waals surface area contributed by atoms with Gasteiger partial charge in [0.15, 0.2) is 18.0 Å². The minimum Gasteiger partial charge on any atom is -0.481 e. The Kier molecular flexibility index (Phi) is 14.5. The number of carboxylic acid groups (broad SMARTS) is 2. The van der Waals surface area contributed by atoms with E-state index in [4.69, 9.17) is 19.7 Å². The lowest BCUT2D eigenvalue weighted by atomic mass is 10.0. The number of thioether (sulfide) groups is 1. The second-order valence-corrected chi connectivity index (χ2v) is 9.75. The monoisotopic (exact) mass is 504 g/mol. The normalized spacial score (nSPS) is 24.6. The molecule has 0 aromatic rings. The molecule has 194 valence electrons. The second kappa shape index (κ2) is 16.5. The Morgan fingerprint density at radius 3 is 2.18 bits per heavy atom. The number of Topliss-reactive ketones (excluding diaryl/α,β-unsaturated/α-hetero) is 1. The van der Waals surface area contributed by atoms with Gasteiger partial charge in [-0.25, -0.2) is 4.79 Å². The summed E-state index contributed by atoms with van der Waals surface area (Å²) in [6.07, 6.45) is 2.96. The van der Waals surface area contributed by atoms with Crippen LogP contribution in [0.15, 0.2) is 0 Å². The zero-order valence-corrected chi connectivity index (χ0v) is 20.4. The van der Waals surface area contributed by atoms with Gasteiger partial charge in [0.25, 0.3) is 0 Å². The van der Waals surface area contributed by atoms with Gasteiger partial charge in [-0.1, -0.05) is 32.1 Å². The third-order valence-electron chi connectivity index (χ3n) is 5.46. The number of aliphatic carboxylic acids is 2. The van der Waals surface area contributed by atoms with E-state index in [0.29, 0.717) is 12.8 Å². The first kappa shape index (κ1) is 29.9. The van der Waals surface area contributed by atoms with E-state index >= 15 is 0 Å². The fourth-order valence-electron chi connectivity index (χ4n) is 3.49. The largest absolute Gasteiger partial charge is 0.481 e. The molecule has 1 saturated heterocycles. The quantitative estimate of drug-likeness (QED) is 0.416. The first-order valence-electron chi connectivity index (χ1n) is 11.8. The van der Waals surface area contributed by atoms with E-state index < -0.39 is 53.5 Å². The molecule has 0 aromatic heterocycles. The lowest BCUT2D eigenvalue weighted by molar-refractivity contribution is -0.157. The van der Waals surface area contributed by atoms with Gasteiger partial charge in [0.1, 0.15) is 5.25 Å². The van der Waals surface area contributed by atoms with Gasteiger partial charge in [0.2, 0.25) is 0 Å². The maximum absolute atomic E-state index is 13.0. The molecule has 0 saturated carbocycles. The van der Waals surface area contributed by atoms with Gasteiger partial charge in [0.05, 0.1) is 18.9 Å². The molecule has 0 aliphatic carbocycles. The molecule has 34 heavy (non-hydrogen) atoms. The number of carbonyl (C=O) groups is 5. The molecule has 11 heteroatoms. The summed E-state index contributed by atoms with van der Waals surface area (Å²) < 4.78 is 10.7. The van der Waals surface area contributed by atoms with E-state index in [1.54, 1.807) is 6.92 Å². The van der Waals surface area contributed by atoms with Crippen LogP contribution in [-0.2, 0) is 33.4 Å². The van der Waals surface area contributed by atoms with Crippen LogP contribution < -0.4 is 0 Å². The summed E-state index contributed by atoms with van der Waals surface area (Å²) in [7, 11) is 0. The molecule has 0 radical (unpaired) electrons. The van der Waals surface area contributed by atoms with E-state index in [-0.39, 0.29) is 31.1 Å². The van der Waals surface area contributed by atoms with E-state index in [1.807, 2.05) is 0 Å². The molecule has 0 bridgehead atoms. The Labute approximate surface area is 203 Å². The summed E-state index contributed by atoms with van der Waals surface area (Å²) >= 11 is 0.806. The number of hydrogen-bond acceptors (Lipinski definition) is 9. The SMILES string of the molecule is CC1CCCCCCCCCC(OC(=O)CCC(=O)O)C(=O)CC(SCC(O)C(=O)O)C(=O)O1. The summed E-state index contributed by atoms with van der Waals surface area (Å²) in [4.78, 5) is 59.5. The number of ketones is 1. The number of aliphatic hydroxyl groups is 1. The molecule has 0 spiro atoms.